The normalized spacial score (nSPS) is 16.2. The minimum absolute atomic E-state index is 0.0711. The zero-order chi connectivity index (χ0) is 16.8. The maximum atomic E-state index is 11.2. The van der Waals surface area contributed by atoms with Crippen molar-refractivity contribution in [2.24, 2.45) is 11.7 Å². The highest BCUT2D eigenvalue weighted by Gasteiger charge is 2.22. The van der Waals surface area contributed by atoms with E-state index in [9.17, 15) is 4.79 Å². The Labute approximate surface area is 142 Å². The topological polar surface area (TPSA) is 71.5 Å². The van der Waals surface area contributed by atoms with Gasteiger partial charge in [-0.15, -0.1) is 0 Å². The standard InChI is InChI=1S/C19H25N3O2/c20-19(23)17-6-10-22(11-7-17)9-5-15-1-3-18(4-2-15)21-13-16-8-12-24-14-16/h1-4,8,12,14,17,21H,5-7,9-11,13H2,(H2,20,23). The van der Waals surface area contributed by atoms with Crippen molar-refractivity contribution in [1.29, 1.82) is 0 Å². The van der Waals surface area contributed by atoms with E-state index in [0.717, 1.165) is 56.7 Å². The van der Waals surface area contributed by atoms with Crippen LogP contribution < -0.4 is 11.1 Å². The van der Waals surface area contributed by atoms with Gasteiger partial charge in [-0.05, 0) is 56.1 Å². The number of carbonyl (C=O) groups is 1. The van der Waals surface area contributed by atoms with Crippen LogP contribution in [0.5, 0.6) is 0 Å². The molecular formula is C19H25N3O2. The second-order valence-corrected chi connectivity index (χ2v) is 6.45. The van der Waals surface area contributed by atoms with E-state index in [1.165, 1.54) is 5.56 Å². The molecule has 1 saturated heterocycles. The number of rotatable bonds is 7. The van der Waals surface area contributed by atoms with Gasteiger partial charge in [-0.25, -0.2) is 0 Å². The van der Waals surface area contributed by atoms with Gasteiger partial charge in [0.2, 0.25) is 5.91 Å². The number of nitrogens with one attached hydrogen (secondary N) is 1. The number of likely N-dealkylation sites (tertiary alicyclic amines) is 1. The number of primary amides is 1. The van der Waals surface area contributed by atoms with Gasteiger partial charge in [-0.1, -0.05) is 12.1 Å². The number of furan rings is 1. The number of nitrogens with two attached hydrogens (primary N) is 1. The maximum absolute atomic E-state index is 11.2. The Morgan fingerprint density at radius 1 is 1.17 bits per heavy atom. The van der Waals surface area contributed by atoms with Crippen LogP contribution in [0.2, 0.25) is 0 Å². The van der Waals surface area contributed by atoms with Crippen molar-refractivity contribution in [3.8, 4) is 0 Å². The van der Waals surface area contributed by atoms with Crippen LogP contribution in [0.15, 0.2) is 47.3 Å². The van der Waals surface area contributed by atoms with Gasteiger partial charge < -0.3 is 20.4 Å². The predicted octanol–water partition coefficient (Wildman–Crippen LogP) is 2.63. The SMILES string of the molecule is NC(=O)C1CCN(CCc2ccc(NCc3ccoc3)cc2)CC1. The molecule has 1 aromatic carbocycles. The summed E-state index contributed by atoms with van der Waals surface area (Å²) in [6, 6.07) is 10.5. The smallest absolute Gasteiger partial charge is 0.220 e. The molecule has 3 rings (SSSR count). The van der Waals surface area contributed by atoms with Crippen molar-refractivity contribution >= 4 is 11.6 Å². The Hall–Kier alpha value is -2.27. The number of anilines is 1. The minimum atomic E-state index is -0.145. The first-order valence-electron chi connectivity index (χ1n) is 8.56. The fourth-order valence-corrected chi connectivity index (χ4v) is 3.11. The van der Waals surface area contributed by atoms with Gasteiger partial charge in [0, 0.05) is 30.3 Å². The van der Waals surface area contributed by atoms with E-state index in [0.29, 0.717) is 0 Å². The van der Waals surface area contributed by atoms with Gasteiger partial charge >= 0.3 is 0 Å². The summed E-state index contributed by atoms with van der Waals surface area (Å²) in [6.07, 6.45) is 6.26. The van der Waals surface area contributed by atoms with Gasteiger partial charge in [-0.2, -0.15) is 0 Å². The molecule has 0 spiro atoms. The molecule has 0 radical (unpaired) electrons. The molecule has 5 heteroatoms. The number of carbonyl (C=O) groups excluding carboxylic acids is 1. The van der Waals surface area contributed by atoms with E-state index < -0.39 is 0 Å². The molecule has 1 aromatic heterocycles. The summed E-state index contributed by atoms with van der Waals surface area (Å²) in [5, 5.41) is 3.38. The van der Waals surface area contributed by atoms with E-state index in [1.807, 2.05) is 6.07 Å². The lowest BCUT2D eigenvalue weighted by atomic mass is 9.96. The molecule has 2 heterocycles. The third kappa shape index (κ3) is 4.61. The lowest BCUT2D eigenvalue weighted by Crippen LogP contribution is -2.39. The highest BCUT2D eigenvalue weighted by atomic mass is 16.3. The van der Waals surface area contributed by atoms with Crippen LogP contribution in [0.4, 0.5) is 5.69 Å². The average Bonchev–Trinajstić information content (AvgIpc) is 3.13. The van der Waals surface area contributed by atoms with Gasteiger partial charge in [0.05, 0.1) is 12.5 Å². The fourth-order valence-electron chi connectivity index (χ4n) is 3.11. The van der Waals surface area contributed by atoms with Gasteiger partial charge in [0.25, 0.3) is 0 Å². The molecule has 2 aromatic rings. The first-order chi connectivity index (χ1) is 11.7. The maximum Gasteiger partial charge on any atom is 0.220 e. The second kappa shape index (κ2) is 8.02. The Balaban J connectivity index is 1.41. The molecule has 3 N–H and O–H groups in total. The lowest BCUT2D eigenvalue weighted by molar-refractivity contribution is -0.123. The number of benzene rings is 1. The van der Waals surface area contributed by atoms with E-state index in [2.05, 4.69) is 34.5 Å². The quantitative estimate of drug-likeness (QED) is 0.820. The summed E-state index contributed by atoms with van der Waals surface area (Å²) < 4.78 is 5.06. The minimum Gasteiger partial charge on any atom is -0.472 e. The fraction of sp³-hybridized carbons (Fsp3) is 0.421. The number of amides is 1. The molecule has 1 aliphatic heterocycles. The first kappa shape index (κ1) is 16.6. The molecular weight excluding hydrogens is 302 g/mol. The zero-order valence-electron chi connectivity index (χ0n) is 13.9. The molecule has 128 valence electrons. The molecule has 5 nitrogen and oxygen atoms in total. The molecule has 24 heavy (non-hydrogen) atoms. The van der Waals surface area contributed by atoms with Gasteiger partial charge in [0.1, 0.15) is 0 Å². The van der Waals surface area contributed by atoms with E-state index in [1.54, 1.807) is 12.5 Å². The summed E-state index contributed by atoms with van der Waals surface area (Å²) in [7, 11) is 0. The number of piperidine rings is 1. The number of hydrogen-bond donors (Lipinski definition) is 2. The number of nitrogens with zero attached hydrogens (tertiary/aromatic N) is 1. The summed E-state index contributed by atoms with van der Waals surface area (Å²) in [5.74, 6) is -0.0741. The molecule has 0 aliphatic carbocycles. The van der Waals surface area contributed by atoms with Crippen LogP contribution in [0.3, 0.4) is 0 Å². The van der Waals surface area contributed by atoms with E-state index >= 15 is 0 Å². The van der Waals surface area contributed by atoms with Crippen LogP contribution in [0.1, 0.15) is 24.0 Å². The summed E-state index contributed by atoms with van der Waals surface area (Å²) in [6.45, 7) is 3.74. The average molecular weight is 327 g/mol. The lowest BCUT2D eigenvalue weighted by Gasteiger charge is -2.30. The first-order valence-corrected chi connectivity index (χ1v) is 8.56. The summed E-state index contributed by atoms with van der Waals surface area (Å²) >= 11 is 0. The Bertz CT molecular complexity index is 629. The van der Waals surface area contributed by atoms with E-state index in [4.69, 9.17) is 10.2 Å². The molecule has 0 atom stereocenters. The Morgan fingerprint density at radius 2 is 1.92 bits per heavy atom. The second-order valence-electron chi connectivity index (χ2n) is 6.45. The predicted molar refractivity (Wildman–Crippen MR) is 94.5 cm³/mol. The van der Waals surface area contributed by atoms with Crippen LogP contribution >= 0.6 is 0 Å². The summed E-state index contributed by atoms with van der Waals surface area (Å²) in [5.41, 5.74) is 8.96. The largest absolute Gasteiger partial charge is 0.472 e. The monoisotopic (exact) mass is 327 g/mol. The Kier molecular flexibility index (Phi) is 5.54. The highest BCUT2D eigenvalue weighted by Crippen LogP contribution is 2.17. The van der Waals surface area contributed by atoms with Crippen molar-refractivity contribution in [1.82, 2.24) is 4.90 Å². The van der Waals surface area contributed by atoms with Crippen molar-refractivity contribution in [3.05, 3.63) is 54.0 Å². The van der Waals surface area contributed by atoms with Crippen molar-refractivity contribution in [2.75, 3.05) is 25.0 Å². The summed E-state index contributed by atoms with van der Waals surface area (Å²) in [4.78, 5) is 13.6. The van der Waals surface area contributed by atoms with Crippen LogP contribution in [-0.2, 0) is 17.8 Å². The van der Waals surface area contributed by atoms with Crippen LogP contribution in [0.25, 0.3) is 0 Å². The van der Waals surface area contributed by atoms with Gasteiger partial charge in [0.15, 0.2) is 0 Å². The van der Waals surface area contributed by atoms with Crippen molar-refractivity contribution < 1.29 is 9.21 Å². The molecule has 1 fully saturated rings. The molecule has 0 bridgehead atoms. The molecule has 1 aliphatic rings. The van der Waals surface area contributed by atoms with Crippen LogP contribution in [-0.4, -0.2) is 30.4 Å². The zero-order valence-corrected chi connectivity index (χ0v) is 13.9. The Morgan fingerprint density at radius 3 is 2.54 bits per heavy atom. The van der Waals surface area contributed by atoms with Gasteiger partial charge in [-0.3, -0.25) is 4.79 Å². The number of hydrogen-bond acceptors (Lipinski definition) is 4. The molecule has 1 amide bonds. The molecule has 0 saturated carbocycles. The highest BCUT2D eigenvalue weighted by molar-refractivity contribution is 5.76. The van der Waals surface area contributed by atoms with Crippen molar-refractivity contribution in [3.63, 3.8) is 0 Å². The van der Waals surface area contributed by atoms with Crippen LogP contribution in [0, 0.1) is 5.92 Å². The van der Waals surface area contributed by atoms with E-state index in [-0.39, 0.29) is 11.8 Å². The third-order valence-corrected chi connectivity index (χ3v) is 4.74. The van der Waals surface area contributed by atoms with Crippen molar-refractivity contribution in [2.45, 2.75) is 25.8 Å². The molecule has 0 unspecified atom stereocenters. The third-order valence-electron chi connectivity index (χ3n) is 4.74.